The third kappa shape index (κ3) is 3.41. The van der Waals surface area contributed by atoms with Gasteiger partial charge in [0.2, 0.25) is 0 Å². The van der Waals surface area contributed by atoms with Gasteiger partial charge in [0.25, 0.3) is 5.91 Å². The van der Waals surface area contributed by atoms with Crippen LogP contribution in [-0.4, -0.2) is 13.0 Å². The Morgan fingerprint density at radius 1 is 1.27 bits per heavy atom. The van der Waals surface area contributed by atoms with Crippen LogP contribution in [0.5, 0.6) is 5.75 Å². The Labute approximate surface area is 128 Å². The number of benzene rings is 2. The van der Waals surface area contributed by atoms with Gasteiger partial charge in [0.05, 0.1) is 24.8 Å². The number of rotatable bonds is 4. The number of halogens is 1. The van der Waals surface area contributed by atoms with Crippen molar-refractivity contribution in [3.8, 4) is 11.8 Å². The van der Waals surface area contributed by atoms with Crippen LogP contribution in [0.4, 0.5) is 4.39 Å². The highest BCUT2D eigenvalue weighted by molar-refractivity contribution is 5.94. The van der Waals surface area contributed by atoms with E-state index in [-0.39, 0.29) is 17.7 Å². The Bertz CT molecular complexity index is 720. The van der Waals surface area contributed by atoms with Crippen LogP contribution < -0.4 is 10.1 Å². The highest BCUT2D eigenvalue weighted by atomic mass is 19.1. The summed E-state index contributed by atoms with van der Waals surface area (Å²) in [5.74, 6) is -0.595. The molecule has 1 unspecified atom stereocenters. The minimum absolute atomic E-state index is 0.161. The molecule has 2 aromatic carbocycles. The summed E-state index contributed by atoms with van der Waals surface area (Å²) in [6, 6.07) is 12.5. The Morgan fingerprint density at radius 3 is 2.50 bits per heavy atom. The molecule has 0 saturated carbocycles. The molecule has 1 amide bonds. The lowest BCUT2D eigenvalue weighted by atomic mass is 10.1. The van der Waals surface area contributed by atoms with Gasteiger partial charge >= 0.3 is 0 Å². The standard InChI is InChI=1S/C17H15FN2O2/c1-11(14-7-8-16(22-2)15(18)9-14)20-17(21)13-5-3-12(10-19)4-6-13/h3-9,11H,1-2H3,(H,20,21). The van der Waals surface area contributed by atoms with Crippen LogP contribution in [0.2, 0.25) is 0 Å². The van der Waals surface area contributed by atoms with Gasteiger partial charge in [0, 0.05) is 5.56 Å². The molecule has 0 fully saturated rings. The smallest absolute Gasteiger partial charge is 0.251 e. The lowest BCUT2D eigenvalue weighted by Crippen LogP contribution is -2.26. The third-order valence-corrected chi connectivity index (χ3v) is 3.30. The van der Waals surface area contributed by atoms with Crippen molar-refractivity contribution in [3.05, 3.63) is 65.0 Å². The zero-order valence-electron chi connectivity index (χ0n) is 12.3. The first-order chi connectivity index (χ1) is 10.5. The summed E-state index contributed by atoms with van der Waals surface area (Å²) in [6.45, 7) is 1.77. The second-order valence-electron chi connectivity index (χ2n) is 4.78. The van der Waals surface area contributed by atoms with E-state index in [1.54, 1.807) is 37.3 Å². The Kier molecular flexibility index (Phi) is 4.74. The average molecular weight is 298 g/mol. The van der Waals surface area contributed by atoms with Gasteiger partial charge in [-0.3, -0.25) is 4.79 Å². The summed E-state index contributed by atoms with van der Waals surface area (Å²) in [6.07, 6.45) is 0. The molecule has 112 valence electrons. The van der Waals surface area contributed by atoms with Gasteiger partial charge in [-0.25, -0.2) is 4.39 Å². The van der Waals surface area contributed by atoms with Crippen molar-refractivity contribution in [2.24, 2.45) is 0 Å². The van der Waals surface area contributed by atoms with Gasteiger partial charge < -0.3 is 10.1 Å². The van der Waals surface area contributed by atoms with Crippen molar-refractivity contribution < 1.29 is 13.9 Å². The fraction of sp³-hybridized carbons (Fsp3) is 0.176. The van der Waals surface area contributed by atoms with E-state index in [9.17, 15) is 9.18 Å². The summed E-state index contributed by atoms with van der Waals surface area (Å²) in [5.41, 5.74) is 1.57. The van der Waals surface area contributed by atoms with Crippen molar-refractivity contribution in [2.45, 2.75) is 13.0 Å². The van der Waals surface area contributed by atoms with Gasteiger partial charge in [-0.1, -0.05) is 6.07 Å². The molecule has 0 aliphatic carbocycles. The van der Waals surface area contributed by atoms with Crippen LogP contribution in [0, 0.1) is 17.1 Å². The first-order valence-electron chi connectivity index (χ1n) is 6.69. The number of amides is 1. The summed E-state index contributed by atoms with van der Waals surface area (Å²) < 4.78 is 18.5. The molecule has 5 heteroatoms. The predicted molar refractivity (Wildman–Crippen MR) is 80.0 cm³/mol. The molecule has 0 aliphatic heterocycles. The van der Waals surface area contributed by atoms with Crippen molar-refractivity contribution in [1.29, 1.82) is 5.26 Å². The number of hydrogen-bond donors (Lipinski definition) is 1. The molecule has 0 aromatic heterocycles. The van der Waals surface area contributed by atoms with E-state index >= 15 is 0 Å². The zero-order chi connectivity index (χ0) is 16.1. The molecule has 0 spiro atoms. The van der Waals surface area contributed by atoms with E-state index in [1.165, 1.54) is 19.2 Å². The lowest BCUT2D eigenvalue weighted by Gasteiger charge is -2.15. The normalized spacial score (nSPS) is 11.4. The largest absolute Gasteiger partial charge is 0.494 e. The van der Waals surface area contributed by atoms with E-state index in [2.05, 4.69) is 5.32 Å². The first kappa shape index (κ1) is 15.5. The van der Waals surface area contributed by atoms with E-state index in [0.717, 1.165) is 0 Å². The molecular formula is C17H15FN2O2. The highest BCUT2D eigenvalue weighted by Gasteiger charge is 2.13. The number of ether oxygens (including phenoxy) is 1. The first-order valence-corrected chi connectivity index (χ1v) is 6.69. The van der Waals surface area contributed by atoms with Crippen molar-refractivity contribution in [2.75, 3.05) is 7.11 Å². The molecule has 1 atom stereocenters. The molecule has 0 radical (unpaired) electrons. The number of methoxy groups -OCH3 is 1. The molecule has 2 rings (SSSR count). The topological polar surface area (TPSA) is 62.1 Å². The minimum atomic E-state index is -0.473. The molecule has 1 N–H and O–H groups in total. The van der Waals surface area contributed by atoms with Crippen LogP contribution in [0.15, 0.2) is 42.5 Å². The summed E-state index contributed by atoms with van der Waals surface area (Å²) >= 11 is 0. The maximum absolute atomic E-state index is 13.7. The van der Waals surface area contributed by atoms with Crippen LogP contribution in [-0.2, 0) is 0 Å². The van der Waals surface area contributed by atoms with Gasteiger partial charge in [0.1, 0.15) is 0 Å². The Balaban J connectivity index is 2.10. The minimum Gasteiger partial charge on any atom is -0.494 e. The van der Waals surface area contributed by atoms with E-state index in [1.807, 2.05) is 6.07 Å². The van der Waals surface area contributed by atoms with Crippen LogP contribution >= 0.6 is 0 Å². The van der Waals surface area contributed by atoms with Gasteiger partial charge in [0.15, 0.2) is 11.6 Å². The molecule has 22 heavy (non-hydrogen) atoms. The molecular weight excluding hydrogens is 283 g/mol. The highest BCUT2D eigenvalue weighted by Crippen LogP contribution is 2.22. The molecule has 4 nitrogen and oxygen atoms in total. The van der Waals surface area contributed by atoms with E-state index < -0.39 is 5.82 Å². The molecule has 2 aromatic rings. The maximum Gasteiger partial charge on any atom is 0.251 e. The number of nitrogens with zero attached hydrogens (tertiary/aromatic N) is 1. The van der Waals surface area contributed by atoms with Crippen molar-refractivity contribution >= 4 is 5.91 Å². The Morgan fingerprint density at radius 2 is 1.95 bits per heavy atom. The van der Waals surface area contributed by atoms with Gasteiger partial charge in [-0.2, -0.15) is 5.26 Å². The quantitative estimate of drug-likeness (QED) is 0.943. The second-order valence-corrected chi connectivity index (χ2v) is 4.78. The number of carbonyl (C=O) groups is 1. The molecule has 0 saturated heterocycles. The summed E-state index contributed by atoms with van der Waals surface area (Å²) in [5, 5.41) is 11.5. The lowest BCUT2D eigenvalue weighted by molar-refractivity contribution is 0.0940. The van der Waals surface area contributed by atoms with Gasteiger partial charge in [-0.15, -0.1) is 0 Å². The number of nitrogens with one attached hydrogen (secondary N) is 1. The van der Waals surface area contributed by atoms with E-state index in [4.69, 9.17) is 10.00 Å². The summed E-state index contributed by atoms with van der Waals surface area (Å²) in [7, 11) is 1.40. The van der Waals surface area contributed by atoms with Crippen LogP contribution in [0.3, 0.4) is 0 Å². The van der Waals surface area contributed by atoms with Crippen LogP contribution in [0.1, 0.15) is 34.5 Å². The predicted octanol–water partition coefficient (Wildman–Crippen LogP) is 3.20. The SMILES string of the molecule is COc1ccc(C(C)NC(=O)c2ccc(C#N)cc2)cc1F. The number of carbonyl (C=O) groups excluding carboxylic acids is 1. The average Bonchev–Trinajstić information content (AvgIpc) is 2.54. The molecule has 0 aliphatic rings. The van der Waals surface area contributed by atoms with Crippen molar-refractivity contribution in [3.63, 3.8) is 0 Å². The molecule has 0 heterocycles. The molecule has 0 bridgehead atoms. The van der Waals surface area contributed by atoms with Crippen LogP contribution in [0.25, 0.3) is 0 Å². The summed E-state index contributed by atoms with van der Waals surface area (Å²) in [4.78, 5) is 12.1. The second kappa shape index (κ2) is 6.72. The fourth-order valence-corrected chi connectivity index (χ4v) is 2.01. The number of nitriles is 1. The monoisotopic (exact) mass is 298 g/mol. The Hall–Kier alpha value is -2.87. The third-order valence-electron chi connectivity index (χ3n) is 3.30. The fourth-order valence-electron chi connectivity index (χ4n) is 2.01. The number of hydrogen-bond acceptors (Lipinski definition) is 3. The van der Waals surface area contributed by atoms with Gasteiger partial charge in [-0.05, 0) is 48.9 Å². The van der Waals surface area contributed by atoms with E-state index in [0.29, 0.717) is 16.7 Å². The zero-order valence-corrected chi connectivity index (χ0v) is 12.3. The van der Waals surface area contributed by atoms with Crippen molar-refractivity contribution in [1.82, 2.24) is 5.32 Å². The maximum atomic E-state index is 13.7.